The molecular weight excluding hydrogens is 270 g/mol. The molecule has 0 amide bonds. The van der Waals surface area contributed by atoms with E-state index in [1.807, 2.05) is 47.0 Å². The highest BCUT2D eigenvalue weighted by Crippen LogP contribution is 2.34. The molecule has 1 aliphatic heterocycles. The van der Waals surface area contributed by atoms with Crippen LogP contribution in [0.25, 0.3) is 22.0 Å². The van der Waals surface area contributed by atoms with E-state index < -0.39 is 0 Å². The van der Waals surface area contributed by atoms with Crippen molar-refractivity contribution in [3.8, 4) is 11.1 Å². The maximum Gasteiger partial charge on any atom is 0.260 e. The topological polar surface area (TPSA) is 22.0 Å². The van der Waals surface area contributed by atoms with Crippen LogP contribution in [-0.2, 0) is 13.0 Å². The number of benzene rings is 2. The molecule has 4 rings (SSSR count). The quantitative estimate of drug-likeness (QED) is 0.663. The zero-order valence-corrected chi connectivity index (χ0v) is 11.5. The number of hydrogen-bond acceptors (Lipinski definition) is 1. The molecule has 0 radical (unpaired) electrons. The predicted molar refractivity (Wildman–Crippen MR) is 82.4 cm³/mol. The lowest BCUT2D eigenvalue weighted by molar-refractivity contribution is 0.743. The summed E-state index contributed by atoms with van der Waals surface area (Å²) in [4.78, 5) is 12.7. The van der Waals surface area contributed by atoms with Crippen LogP contribution in [0.4, 0.5) is 0 Å². The van der Waals surface area contributed by atoms with Crippen LogP contribution < -0.4 is 5.56 Å². The van der Waals surface area contributed by atoms with E-state index in [0.29, 0.717) is 10.6 Å². The smallest absolute Gasteiger partial charge is 0.260 e. The maximum absolute atomic E-state index is 12.7. The Labute approximate surface area is 121 Å². The molecule has 0 spiro atoms. The molecule has 0 aliphatic carbocycles. The molecule has 1 aliphatic rings. The van der Waals surface area contributed by atoms with Gasteiger partial charge in [0.15, 0.2) is 0 Å². The fourth-order valence-electron chi connectivity index (χ4n) is 3.05. The van der Waals surface area contributed by atoms with Gasteiger partial charge in [0, 0.05) is 11.9 Å². The Balaban J connectivity index is 2.19. The van der Waals surface area contributed by atoms with Gasteiger partial charge in [0.2, 0.25) is 0 Å². The summed E-state index contributed by atoms with van der Waals surface area (Å²) in [7, 11) is 0. The van der Waals surface area contributed by atoms with Crippen molar-refractivity contribution in [2.45, 2.75) is 13.0 Å². The van der Waals surface area contributed by atoms with Crippen molar-refractivity contribution in [2.24, 2.45) is 0 Å². The third-order valence-corrected chi connectivity index (χ3v) is 4.36. The van der Waals surface area contributed by atoms with Crippen LogP contribution in [0.3, 0.4) is 0 Å². The highest BCUT2D eigenvalue weighted by molar-refractivity contribution is 6.38. The third kappa shape index (κ3) is 1.49. The summed E-state index contributed by atoms with van der Waals surface area (Å²) in [5.74, 6) is 0. The first kappa shape index (κ1) is 11.7. The van der Waals surface area contributed by atoms with Crippen molar-refractivity contribution < 1.29 is 0 Å². The standard InChI is InChI=1S/C17H12ClNO/c18-15-13-8-4-7-12-9-10-19(16(12)13)17(20)14(15)11-5-2-1-3-6-11/h1-8H,9-10H2. The van der Waals surface area contributed by atoms with Gasteiger partial charge in [-0.1, -0.05) is 60.1 Å². The van der Waals surface area contributed by atoms with Crippen molar-refractivity contribution in [2.75, 3.05) is 0 Å². The van der Waals surface area contributed by atoms with Crippen LogP contribution >= 0.6 is 11.6 Å². The fraction of sp³-hybridized carbons (Fsp3) is 0.118. The molecule has 1 aromatic heterocycles. The lowest BCUT2D eigenvalue weighted by Crippen LogP contribution is -2.20. The van der Waals surface area contributed by atoms with Gasteiger partial charge in [0.25, 0.3) is 5.56 Å². The summed E-state index contributed by atoms with van der Waals surface area (Å²) in [5, 5.41) is 1.54. The number of nitrogens with zero attached hydrogens (tertiary/aromatic N) is 1. The molecule has 0 saturated carbocycles. The number of pyridine rings is 1. The highest BCUT2D eigenvalue weighted by atomic mass is 35.5. The molecule has 20 heavy (non-hydrogen) atoms. The van der Waals surface area contributed by atoms with Crippen molar-refractivity contribution in [3.63, 3.8) is 0 Å². The lowest BCUT2D eigenvalue weighted by Gasteiger charge is -2.11. The average molecular weight is 282 g/mol. The van der Waals surface area contributed by atoms with E-state index in [1.54, 1.807) is 0 Å². The van der Waals surface area contributed by atoms with Crippen molar-refractivity contribution in [1.82, 2.24) is 4.57 Å². The van der Waals surface area contributed by atoms with Crippen LogP contribution in [0.1, 0.15) is 5.56 Å². The fourth-order valence-corrected chi connectivity index (χ4v) is 3.40. The van der Waals surface area contributed by atoms with Gasteiger partial charge in [0.1, 0.15) is 0 Å². The van der Waals surface area contributed by atoms with Crippen LogP contribution in [-0.4, -0.2) is 4.57 Å². The van der Waals surface area contributed by atoms with Gasteiger partial charge in [-0.05, 0) is 17.5 Å². The largest absolute Gasteiger partial charge is 0.307 e. The van der Waals surface area contributed by atoms with E-state index in [0.717, 1.165) is 29.4 Å². The number of aryl methyl sites for hydroxylation is 2. The molecule has 0 unspecified atom stereocenters. The second kappa shape index (κ2) is 4.22. The van der Waals surface area contributed by atoms with E-state index in [2.05, 4.69) is 6.07 Å². The zero-order valence-electron chi connectivity index (χ0n) is 10.8. The van der Waals surface area contributed by atoms with Crippen LogP contribution in [0, 0.1) is 0 Å². The van der Waals surface area contributed by atoms with Crippen LogP contribution in [0.15, 0.2) is 53.3 Å². The Morgan fingerprint density at radius 2 is 1.80 bits per heavy atom. The van der Waals surface area contributed by atoms with E-state index in [4.69, 9.17) is 11.6 Å². The second-order valence-corrected chi connectivity index (χ2v) is 5.45. The van der Waals surface area contributed by atoms with Gasteiger partial charge < -0.3 is 4.57 Å². The monoisotopic (exact) mass is 281 g/mol. The first-order valence-electron chi connectivity index (χ1n) is 6.66. The molecule has 2 nitrogen and oxygen atoms in total. The summed E-state index contributed by atoms with van der Waals surface area (Å²) < 4.78 is 1.86. The molecule has 2 aromatic carbocycles. The first-order valence-corrected chi connectivity index (χ1v) is 7.04. The van der Waals surface area contributed by atoms with Gasteiger partial charge in [-0.25, -0.2) is 0 Å². The number of para-hydroxylation sites is 1. The minimum atomic E-state index is 0.0126. The SMILES string of the molecule is O=c1c(-c2ccccc2)c(Cl)c2cccc3c2n1CC3. The number of hydrogen-bond donors (Lipinski definition) is 0. The van der Waals surface area contributed by atoms with Crippen molar-refractivity contribution in [1.29, 1.82) is 0 Å². The summed E-state index contributed by atoms with van der Waals surface area (Å²) >= 11 is 6.54. The van der Waals surface area contributed by atoms with E-state index >= 15 is 0 Å². The molecule has 0 atom stereocenters. The molecule has 0 N–H and O–H groups in total. The Hall–Kier alpha value is -2.06. The van der Waals surface area contributed by atoms with Crippen LogP contribution in [0.5, 0.6) is 0 Å². The molecule has 0 fully saturated rings. The van der Waals surface area contributed by atoms with E-state index in [-0.39, 0.29) is 5.56 Å². The second-order valence-electron chi connectivity index (χ2n) is 5.08. The average Bonchev–Trinajstić information content (AvgIpc) is 2.91. The molecule has 0 saturated heterocycles. The maximum atomic E-state index is 12.7. The van der Waals surface area contributed by atoms with Crippen LogP contribution in [0.2, 0.25) is 5.02 Å². The number of aromatic nitrogens is 1. The summed E-state index contributed by atoms with van der Waals surface area (Å²) in [5.41, 5.74) is 3.71. The van der Waals surface area contributed by atoms with Gasteiger partial charge in [0.05, 0.1) is 16.1 Å². The Kier molecular flexibility index (Phi) is 2.48. The number of rotatable bonds is 1. The molecule has 2 heterocycles. The van der Waals surface area contributed by atoms with Gasteiger partial charge in [-0.15, -0.1) is 0 Å². The molecule has 0 bridgehead atoms. The lowest BCUT2D eigenvalue weighted by atomic mass is 10.0. The van der Waals surface area contributed by atoms with Gasteiger partial charge >= 0.3 is 0 Å². The highest BCUT2D eigenvalue weighted by Gasteiger charge is 2.21. The van der Waals surface area contributed by atoms with Crippen molar-refractivity contribution >= 4 is 22.5 Å². The minimum Gasteiger partial charge on any atom is -0.307 e. The summed E-state index contributed by atoms with van der Waals surface area (Å²) in [6, 6.07) is 15.7. The minimum absolute atomic E-state index is 0.0126. The predicted octanol–water partition coefficient (Wildman–Crippen LogP) is 3.88. The van der Waals surface area contributed by atoms with Crippen molar-refractivity contribution in [3.05, 3.63) is 69.5 Å². The Morgan fingerprint density at radius 1 is 1.00 bits per heavy atom. The zero-order chi connectivity index (χ0) is 13.7. The normalized spacial score (nSPS) is 13.1. The molecule has 3 heteroatoms. The Bertz CT molecular complexity index is 881. The molecule has 98 valence electrons. The van der Waals surface area contributed by atoms with Gasteiger partial charge in [-0.3, -0.25) is 4.79 Å². The Morgan fingerprint density at radius 3 is 2.60 bits per heavy atom. The van der Waals surface area contributed by atoms with Gasteiger partial charge in [-0.2, -0.15) is 0 Å². The van der Waals surface area contributed by atoms with E-state index in [9.17, 15) is 4.79 Å². The first-order chi connectivity index (χ1) is 9.77. The summed E-state index contributed by atoms with van der Waals surface area (Å²) in [6.45, 7) is 0.742. The number of halogens is 1. The third-order valence-electron chi connectivity index (χ3n) is 3.97. The molecular formula is C17H12ClNO. The molecule has 3 aromatic rings. The van der Waals surface area contributed by atoms with E-state index in [1.165, 1.54) is 5.56 Å². The summed E-state index contributed by atoms with van der Waals surface area (Å²) in [6.07, 6.45) is 0.904.